The van der Waals surface area contributed by atoms with Gasteiger partial charge in [0.05, 0.1) is 15.7 Å². The summed E-state index contributed by atoms with van der Waals surface area (Å²) in [5.74, 6) is -3.65. The van der Waals surface area contributed by atoms with Crippen molar-refractivity contribution in [3.63, 3.8) is 0 Å². The molecule has 0 radical (unpaired) electrons. The molecule has 0 spiro atoms. The van der Waals surface area contributed by atoms with Gasteiger partial charge in [-0.2, -0.15) is 0 Å². The second-order valence-corrected chi connectivity index (χ2v) is 8.29. The summed E-state index contributed by atoms with van der Waals surface area (Å²) in [6, 6.07) is 10.5. The summed E-state index contributed by atoms with van der Waals surface area (Å²) in [5.41, 5.74) is 6.01. The summed E-state index contributed by atoms with van der Waals surface area (Å²) >= 11 is 7.98. The fraction of sp³-hybridized carbons (Fsp3) is 0.250. The van der Waals surface area contributed by atoms with E-state index in [1.54, 1.807) is 11.3 Å². The Hall–Kier alpha value is -2.48. The minimum atomic E-state index is -1.82. The SMILES string of the molecule is CN1CCC=C(C2=Nc3ccccc3Cc3sc(Cl)cc32)C1.O=C(O)C(=O)O. The lowest BCUT2D eigenvalue weighted by Crippen LogP contribution is -2.28. The highest BCUT2D eigenvalue weighted by molar-refractivity contribution is 7.16. The molecule has 2 aliphatic heterocycles. The van der Waals surface area contributed by atoms with Crippen LogP contribution in [0.2, 0.25) is 4.34 Å². The number of carbonyl (C=O) groups is 2. The van der Waals surface area contributed by atoms with Crippen LogP contribution < -0.4 is 0 Å². The van der Waals surface area contributed by atoms with Crippen LogP contribution in [0, 0.1) is 0 Å². The molecule has 1 aromatic heterocycles. The van der Waals surface area contributed by atoms with Gasteiger partial charge in [0.2, 0.25) is 0 Å². The molecule has 146 valence electrons. The van der Waals surface area contributed by atoms with E-state index in [2.05, 4.69) is 48.4 Å². The molecular weight excluding hydrogens is 400 g/mol. The zero-order valence-electron chi connectivity index (χ0n) is 15.2. The van der Waals surface area contributed by atoms with Crippen LogP contribution in [0.15, 0.2) is 47.0 Å². The number of fused-ring (bicyclic) bond motifs is 2. The second-order valence-electron chi connectivity index (χ2n) is 6.52. The Bertz CT molecular complexity index is 968. The maximum atomic E-state index is 9.10. The van der Waals surface area contributed by atoms with Crippen LogP contribution in [0.1, 0.15) is 22.4 Å². The Balaban J connectivity index is 0.000000330. The van der Waals surface area contributed by atoms with Crippen molar-refractivity contribution >= 4 is 46.3 Å². The van der Waals surface area contributed by atoms with Crippen LogP contribution in [0.3, 0.4) is 0 Å². The molecule has 0 amide bonds. The van der Waals surface area contributed by atoms with Gasteiger partial charge in [-0.3, -0.25) is 0 Å². The van der Waals surface area contributed by atoms with Crippen LogP contribution in [0.25, 0.3) is 0 Å². The van der Waals surface area contributed by atoms with E-state index in [1.165, 1.54) is 21.6 Å². The molecule has 0 saturated heterocycles. The Morgan fingerprint density at radius 3 is 2.61 bits per heavy atom. The molecule has 0 unspecified atom stereocenters. The molecule has 0 atom stereocenters. The number of para-hydroxylation sites is 1. The van der Waals surface area contributed by atoms with E-state index >= 15 is 0 Å². The number of thiophene rings is 1. The molecule has 0 bridgehead atoms. The van der Waals surface area contributed by atoms with E-state index in [4.69, 9.17) is 36.4 Å². The fourth-order valence-electron chi connectivity index (χ4n) is 3.16. The average Bonchev–Trinajstić information content (AvgIpc) is 2.93. The standard InChI is InChI=1S/C18H17ClN2S.C2H2O4/c1-21-8-4-6-13(11-21)18-14-10-17(19)22-16(14)9-12-5-2-3-7-15(12)20-18;3-1(4)2(5)6/h2-3,5-7,10H,4,8-9,11H2,1H3;(H,3,4)(H,5,6). The number of likely N-dealkylation sites (N-methyl/N-ethyl adjacent to an activating group) is 1. The lowest BCUT2D eigenvalue weighted by atomic mass is 9.98. The Kier molecular flexibility index (Phi) is 6.28. The molecular formula is C20H19ClN2O4S. The summed E-state index contributed by atoms with van der Waals surface area (Å²) in [5, 5.41) is 14.8. The van der Waals surface area contributed by atoms with Gasteiger partial charge in [-0.25, -0.2) is 14.6 Å². The van der Waals surface area contributed by atoms with Crippen molar-refractivity contribution in [2.24, 2.45) is 4.99 Å². The molecule has 2 aliphatic rings. The number of nitrogens with zero attached hydrogens (tertiary/aromatic N) is 2. The van der Waals surface area contributed by atoms with E-state index in [1.807, 2.05) is 0 Å². The molecule has 4 rings (SSSR count). The van der Waals surface area contributed by atoms with Gasteiger partial charge in [0.15, 0.2) is 0 Å². The maximum absolute atomic E-state index is 9.10. The molecule has 0 aliphatic carbocycles. The zero-order valence-corrected chi connectivity index (χ0v) is 16.8. The lowest BCUT2D eigenvalue weighted by Gasteiger charge is -2.23. The molecule has 2 N–H and O–H groups in total. The fourth-order valence-corrected chi connectivity index (χ4v) is 4.45. The van der Waals surface area contributed by atoms with Gasteiger partial charge >= 0.3 is 11.9 Å². The summed E-state index contributed by atoms with van der Waals surface area (Å²) < 4.78 is 0.849. The van der Waals surface area contributed by atoms with Crippen LogP contribution in [-0.2, 0) is 16.0 Å². The molecule has 2 aromatic rings. The third-order valence-electron chi connectivity index (χ3n) is 4.44. The smallest absolute Gasteiger partial charge is 0.414 e. The quantitative estimate of drug-likeness (QED) is 0.686. The molecule has 0 saturated carbocycles. The Labute approximate surface area is 171 Å². The van der Waals surface area contributed by atoms with Crippen LogP contribution in [0.4, 0.5) is 5.69 Å². The Morgan fingerprint density at radius 2 is 1.93 bits per heavy atom. The van der Waals surface area contributed by atoms with E-state index in [-0.39, 0.29) is 0 Å². The van der Waals surface area contributed by atoms with Crippen molar-refractivity contribution < 1.29 is 19.8 Å². The second kappa shape index (κ2) is 8.68. The molecule has 28 heavy (non-hydrogen) atoms. The first-order valence-electron chi connectivity index (χ1n) is 8.64. The average molecular weight is 419 g/mol. The number of benzene rings is 1. The summed E-state index contributed by atoms with van der Waals surface area (Å²) in [4.78, 5) is 26.9. The first kappa shape index (κ1) is 20.3. The zero-order chi connectivity index (χ0) is 20.3. The highest BCUT2D eigenvalue weighted by Crippen LogP contribution is 2.37. The van der Waals surface area contributed by atoms with Crippen molar-refractivity contribution in [1.82, 2.24) is 4.90 Å². The third-order valence-corrected chi connectivity index (χ3v) is 5.70. The van der Waals surface area contributed by atoms with E-state index < -0.39 is 11.9 Å². The van der Waals surface area contributed by atoms with Crippen molar-refractivity contribution in [1.29, 1.82) is 0 Å². The van der Waals surface area contributed by atoms with Crippen LogP contribution in [0.5, 0.6) is 0 Å². The molecule has 6 nitrogen and oxygen atoms in total. The number of rotatable bonds is 1. The van der Waals surface area contributed by atoms with Crippen molar-refractivity contribution in [2.45, 2.75) is 12.8 Å². The first-order valence-corrected chi connectivity index (χ1v) is 9.84. The number of halogens is 1. The minimum absolute atomic E-state index is 0.849. The number of hydrogen-bond acceptors (Lipinski definition) is 5. The van der Waals surface area contributed by atoms with Gasteiger partial charge in [0.25, 0.3) is 0 Å². The number of aliphatic imine (C=N–C) groups is 1. The predicted molar refractivity (Wildman–Crippen MR) is 110 cm³/mol. The van der Waals surface area contributed by atoms with E-state index in [0.29, 0.717) is 0 Å². The van der Waals surface area contributed by atoms with E-state index in [9.17, 15) is 0 Å². The van der Waals surface area contributed by atoms with Crippen molar-refractivity contribution in [3.8, 4) is 0 Å². The molecule has 3 heterocycles. The molecule has 8 heteroatoms. The largest absolute Gasteiger partial charge is 0.473 e. The van der Waals surface area contributed by atoms with Gasteiger partial charge < -0.3 is 15.1 Å². The lowest BCUT2D eigenvalue weighted by molar-refractivity contribution is -0.159. The van der Waals surface area contributed by atoms with Gasteiger partial charge in [0.1, 0.15) is 0 Å². The normalized spacial score (nSPS) is 15.8. The monoisotopic (exact) mass is 418 g/mol. The topological polar surface area (TPSA) is 90.2 Å². The van der Waals surface area contributed by atoms with Gasteiger partial charge in [-0.1, -0.05) is 35.9 Å². The van der Waals surface area contributed by atoms with Crippen LogP contribution in [-0.4, -0.2) is 52.9 Å². The van der Waals surface area contributed by atoms with Crippen molar-refractivity contribution in [2.75, 3.05) is 20.1 Å². The van der Waals surface area contributed by atoms with E-state index in [0.717, 1.165) is 41.7 Å². The van der Waals surface area contributed by atoms with Gasteiger partial charge in [-0.05, 0) is 36.7 Å². The summed E-state index contributed by atoms with van der Waals surface area (Å²) in [6.45, 7) is 2.07. The predicted octanol–water partition coefficient (Wildman–Crippen LogP) is 3.84. The van der Waals surface area contributed by atoms with Crippen LogP contribution >= 0.6 is 22.9 Å². The Morgan fingerprint density at radius 1 is 1.21 bits per heavy atom. The summed E-state index contributed by atoms with van der Waals surface area (Å²) in [6.07, 6.45) is 4.33. The number of hydrogen-bond donors (Lipinski definition) is 2. The third kappa shape index (κ3) is 4.67. The highest BCUT2D eigenvalue weighted by Gasteiger charge is 2.23. The number of carboxylic acid groups (broad SMARTS) is 2. The van der Waals surface area contributed by atoms with Crippen molar-refractivity contribution in [3.05, 3.63) is 62.3 Å². The number of carboxylic acids is 2. The summed E-state index contributed by atoms with van der Waals surface area (Å²) in [7, 11) is 2.17. The first-order chi connectivity index (χ1) is 13.3. The van der Waals surface area contributed by atoms with Gasteiger partial charge in [0, 0.05) is 30.0 Å². The number of aliphatic carboxylic acids is 2. The van der Waals surface area contributed by atoms with Gasteiger partial charge in [-0.15, -0.1) is 11.3 Å². The highest BCUT2D eigenvalue weighted by atomic mass is 35.5. The molecule has 1 aromatic carbocycles. The maximum Gasteiger partial charge on any atom is 0.414 e. The minimum Gasteiger partial charge on any atom is -0.473 e. The molecule has 0 fully saturated rings.